The number of benzene rings is 1. The van der Waals surface area contributed by atoms with Crippen LogP contribution in [0.1, 0.15) is 40.0 Å². The molecule has 0 amide bonds. The van der Waals surface area contributed by atoms with Gasteiger partial charge in [-0.15, -0.1) is 11.8 Å². The number of hydrogen-bond acceptors (Lipinski definition) is 3. The van der Waals surface area contributed by atoms with E-state index in [1.807, 2.05) is 26.8 Å². The number of halogens is 1. The van der Waals surface area contributed by atoms with Crippen LogP contribution in [0.5, 0.6) is 0 Å². The molecule has 0 aliphatic rings. The van der Waals surface area contributed by atoms with Crippen molar-refractivity contribution in [1.82, 2.24) is 5.32 Å². The van der Waals surface area contributed by atoms with Crippen molar-refractivity contribution in [3.8, 4) is 6.07 Å². The Morgan fingerprint density at radius 2 is 2.05 bits per heavy atom. The molecule has 4 heteroatoms. The number of nitriles is 1. The van der Waals surface area contributed by atoms with Gasteiger partial charge in [0.2, 0.25) is 0 Å². The smallest absolute Gasteiger partial charge is 0.136 e. The third-order valence-corrected chi connectivity index (χ3v) is 4.15. The normalized spacial score (nSPS) is 14.0. The Labute approximate surface area is 125 Å². The summed E-state index contributed by atoms with van der Waals surface area (Å²) in [7, 11) is 0. The number of nitrogens with zero attached hydrogens (tertiary/aromatic N) is 1. The van der Waals surface area contributed by atoms with Gasteiger partial charge in [0.15, 0.2) is 0 Å². The van der Waals surface area contributed by atoms with Gasteiger partial charge in [-0.3, -0.25) is 5.32 Å². The molecule has 1 aromatic carbocycles. The minimum Gasteiger partial charge on any atom is -0.297 e. The molecule has 0 aliphatic heterocycles. The molecule has 1 aromatic rings. The fraction of sp³-hybridized carbons (Fsp3) is 0.562. The van der Waals surface area contributed by atoms with Crippen LogP contribution in [0.4, 0.5) is 4.39 Å². The van der Waals surface area contributed by atoms with Crippen LogP contribution in [0.25, 0.3) is 0 Å². The lowest BCUT2D eigenvalue weighted by Crippen LogP contribution is -2.44. The summed E-state index contributed by atoms with van der Waals surface area (Å²) in [4.78, 5) is 0.704. The fourth-order valence-corrected chi connectivity index (χ4v) is 3.07. The van der Waals surface area contributed by atoms with Crippen molar-refractivity contribution in [3.63, 3.8) is 0 Å². The van der Waals surface area contributed by atoms with Gasteiger partial charge in [0, 0.05) is 10.9 Å². The Morgan fingerprint density at radius 1 is 1.35 bits per heavy atom. The molecular weight excluding hydrogens is 271 g/mol. The van der Waals surface area contributed by atoms with Crippen LogP contribution in [0.2, 0.25) is 0 Å². The summed E-state index contributed by atoms with van der Waals surface area (Å²) in [5.41, 5.74) is -0.461. The van der Waals surface area contributed by atoms with Crippen LogP contribution in [0.3, 0.4) is 0 Å². The topological polar surface area (TPSA) is 35.8 Å². The molecule has 1 atom stereocenters. The Kier molecular flexibility index (Phi) is 7.04. The summed E-state index contributed by atoms with van der Waals surface area (Å²) in [5, 5.41) is 12.5. The maximum Gasteiger partial charge on any atom is 0.136 e. The molecule has 0 fully saturated rings. The first kappa shape index (κ1) is 17.0. The van der Waals surface area contributed by atoms with Gasteiger partial charge in [-0.1, -0.05) is 12.1 Å². The molecular formula is C16H23FN2S. The first-order valence-corrected chi connectivity index (χ1v) is 8.02. The van der Waals surface area contributed by atoms with E-state index in [1.165, 1.54) is 6.07 Å². The monoisotopic (exact) mass is 294 g/mol. The maximum atomic E-state index is 13.4. The molecule has 20 heavy (non-hydrogen) atoms. The lowest BCUT2D eigenvalue weighted by molar-refractivity contribution is 0.372. The van der Waals surface area contributed by atoms with Gasteiger partial charge in [0.25, 0.3) is 0 Å². The van der Waals surface area contributed by atoms with Crippen LogP contribution < -0.4 is 5.32 Å². The summed E-state index contributed by atoms with van der Waals surface area (Å²) < 4.78 is 13.4. The zero-order valence-electron chi connectivity index (χ0n) is 12.4. The van der Waals surface area contributed by atoms with Crippen molar-refractivity contribution >= 4 is 11.8 Å². The van der Waals surface area contributed by atoms with Crippen LogP contribution in [0.15, 0.2) is 29.2 Å². The maximum absolute atomic E-state index is 13.4. The molecule has 110 valence electrons. The predicted molar refractivity (Wildman–Crippen MR) is 83.3 cm³/mol. The van der Waals surface area contributed by atoms with Crippen molar-refractivity contribution in [2.45, 2.75) is 56.5 Å². The third-order valence-electron chi connectivity index (χ3n) is 3.02. The number of unbranched alkanes of at least 4 members (excludes halogenated alkanes) is 1. The second kappa shape index (κ2) is 8.28. The van der Waals surface area contributed by atoms with Gasteiger partial charge in [-0.05, 0) is 57.9 Å². The van der Waals surface area contributed by atoms with Crippen molar-refractivity contribution in [2.24, 2.45) is 0 Å². The first-order valence-electron chi connectivity index (χ1n) is 7.03. The first-order chi connectivity index (χ1) is 9.47. The number of thioether (sulfide) groups is 1. The Balaban J connectivity index is 2.28. The van der Waals surface area contributed by atoms with Gasteiger partial charge in [0.05, 0.1) is 6.07 Å². The Hall–Kier alpha value is -1.05. The van der Waals surface area contributed by atoms with Gasteiger partial charge in [-0.25, -0.2) is 4.39 Å². The molecule has 0 spiro atoms. The number of nitrogens with one attached hydrogen (secondary N) is 1. The predicted octanol–water partition coefficient (Wildman–Crippen LogP) is 4.37. The average Bonchev–Trinajstić information content (AvgIpc) is 2.39. The number of rotatable bonds is 8. The van der Waals surface area contributed by atoms with Crippen LogP contribution in [-0.4, -0.2) is 17.3 Å². The van der Waals surface area contributed by atoms with Crippen molar-refractivity contribution in [3.05, 3.63) is 30.1 Å². The number of hydrogen-bond donors (Lipinski definition) is 1. The van der Waals surface area contributed by atoms with Crippen LogP contribution in [-0.2, 0) is 0 Å². The standard InChI is InChI=1S/C16H23FN2S/c1-13(2)19-16(3,12-18)10-6-7-11-20-15-9-5-4-8-14(15)17/h4-5,8-9,13,19H,6-7,10-11H2,1-3H3. The lowest BCUT2D eigenvalue weighted by Gasteiger charge is -2.25. The second-order valence-corrected chi connectivity index (χ2v) is 6.62. The Morgan fingerprint density at radius 3 is 2.65 bits per heavy atom. The van der Waals surface area contributed by atoms with Gasteiger partial charge in [0.1, 0.15) is 11.4 Å². The molecule has 2 nitrogen and oxygen atoms in total. The quantitative estimate of drug-likeness (QED) is 0.571. The highest BCUT2D eigenvalue weighted by Crippen LogP contribution is 2.23. The van der Waals surface area contributed by atoms with Crippen molar-refractivity contribution in [2.75, 3.05) is 5.75 Å². The van der Waals surface area contributed by atoms with E-state index >= 15 is 0 Å². The van der Waals surface area contributed by atoms with Crippen molar-refractivity contribution < 1.29 is 4.39 Å². The zero-order valence-corrected chi connectivity index (χ0v) is 13.3. The largest absolute Gasteiger partial charge is 0.297 e. The molecule has 0 aromatic heterocycles. The zero-order chi connectivity index (χ0) is 15.0. The minimum absolute atomic E-state index is 0.152. The summed E-state index contributed by atoms with van der Waals surface area (Å²) in [6, 6.07) is 9.50. The van der Waals surface area contributed by atoms with Gasteiger partial charge < -0.3 is 0 Å². The minimum atomic E-state index is -0.461. The van der Waals surface area contributed by atoms with Crippen molar-refractivity contribution in [1.29, 1.82) is 5.26 Å². The molecule has 1 N–H and O–H groups in total. The van der Waals surface area contributed by atoms with Gasteiger partial charge >= 0.3 is 0 Å². The van der Waals surface area contributed by atoms with E-state index in [4.69, 9.17) is 0 Å². The SMILES string of the molecule is CC(C)NC(C)(C#N)CCCCSc1ccccc1F. The molecule has 0 aliphatic carbocycles. The van der Waals surface area contributed by atoms with E-state index in [-0.39, 0.29) is 5.82 Å². The van der Waals surface area contributed by atoms with E-state index in [0.717, 1.165) is 25.0 Å². The highest BCUT2D eigenvalue weighted by Gasteiger charge is 2.23. The summed E-state index contributed by atoms with van der Waals surface area (Å²) in [6.07, 6.45) is 2.76. The molecule has 1 unspecified atom stereocenters. The summed E-state index contributed by atoms with van der Waals surface area (Å²) in [5.74, 6) is 0.727. The van der Waals surface area contributed by atoms with E-state index in [0.29, 0.717) is 10.9 Å². The molecule has 0 saturated heterocycles. The second-order valence-electron chi connectivity index (χ2n) is 5.48. The summed E-state index contributed by atoms with van der Waals surface area (Å²) >= 11 is 1.54. The molecule has 0 heterocycles. The van der Waals surface area contributed by atoms with Crippen LogP contribution >= 0.6 is 11.8 Å². The van der Waals surface area contributed by atoms with E-state index < -0.39 is 5.54 Å². The van der Waals surface area contributed by atoms with Gasteiger partial charge in [-0.2, -0.15) is 5.26 Å². The summed E-state index contributed by atoms with van der Waals surface area (Å²) in [6.45, 7) is 6.03. The molecule has 0 saturated carbocycles. The van der Waals surface area contributed by atoms with E-state index in [2.05, 4.69) is 11.4 Å². The fourth-order valence-electron chi connectivity index (χ4n) is 2.12. The third kappa shape index (κ3) is 5.94. The Bertz CT molecular complexity index is 456. The van der Waals surface area contributed by atoms with E-state index in [1.54, 1.807) is 23.9 Å². The molecule has 1 rings (SSSR count). The highest BCUT2D eigenvalue weighted by atomic mass is 32.2. The lowest BCUT2D eigenvalue weighted by atomic mass is 9.96. The van der Waals surface area contributed by atoms with Crippen LogP contribution in [0, 0.1) is 17.1 Å². The molecule has 0 bridgehead atoms. The average molecular weight is 294 g/mol. The van der Waals surface area contributed by atoms with E-state index in [9.17, 15) is 9.65 Å². The molecule has 0 radical (unpaired) electrons. The highest BCUT2D eigenvalue weighted by molar-refractivity contribution is 7.99.